The van der Waals surface area contributed by atoms with Crippen molar-refractivity contribution >= 4 is 5.95 Å². The summed E-state index contributed by atoms with van der Waals surface area (Å²) in [6, 6.07) is 0.610. The SMILES string of the molecule is CC(C)(C)c1cn2c(n1)NC1CCNCC1C2. The van der Waals surface area contributed by atoms with Gasteiger partial charge in [0.2, 0.25) is 5.95 Å². The van der Waals surface area contributed by atoms with E-state index in [1.807, 2.05) is 0 Å². The Balaban J connectivity index is 1.89. The summed E-state index contributed by atoms with van der Waals surface area (Å²) in [5.41, 5.74) is 1.32. The first-order valence-electron chi connectivity index (χ1n) is 6.59. The van der Waals surface area contributed by atoms with Crippen molar-refractivity contribution in [2.45, 2.75) is 45.2 Å². The Morgan fingerprint density at radius 3 is 3.00 bits per heavy atom. The molecule has 4 nitrogen and oxygen atoms in total. The van der Waals surface area contributed by atoms with Crippen molar-refractivity contribution in [1.29, 1.82) is 0 Å². The van der Waals surface area contributed by atoms with Crippen LogP contribution in [0.3, 0.4) is 0 Å². The molecule has 2 aliphatic rings. The van der Waals surface area contributed by atoms with E-state index in [2.05, 4.69) is 42.2 Å². The summed E-state index contributed by atoms with van der Waals surface area (Å²) in [5, 5.41) is 7.08. The Kier molecular flexibility index (Phi) is 2.43. The summed E-state index contributed by atoms with van der Waals surface area (Å²) in [5.74, 6) is 1.77. The normalized spacial score (nSPS) is 28.2. The number of imidazole rings is 1. The Morgan fingerprint density at radius 2 is 2.24 bits per heavy atom. The number of hydrogen-bond donors (Lipinski definition) is 2. The summed E-state index contributed by atoms with van der Waals surface area (Å²) < 4.78 is 2.29. The standard InChI is InChI=1S/C13H22N4/c1-13(2,3)11-8-17-7-9-6-14-5-4-10(9)15-12(17)16-11/h8-10,14H,4-7H2,1-3H3,(H,15,16). The number of nitrogens with zero attached hydrogens (tertiary/aromatic N) is 2. The fourth-order valence-corrected chi connectivity index (χ4v) is 2.75. The number of nitrogens with one attached hydrogen (secondary N) is 2. The second-order valence-corrected chi connectivity index (χ2v) is 6.36. The summed E-state index contributed by atoms with van der Waals surface area (Å²) >= 11 is 0. The van der Waals surface area contributed by atoms with Crippen LogP contribution in [-0.4, -0.2) is 28.7 Å². The van der Waals surface area contributed by atoms with Crippen molar-refractivity contribution in [1.82, 2.24) is 14.9 Å². The van der Waals surface area contributed by atoms with Crippen molar-refractivity contribution in [3.63, 3.8) is 0 Å². The molecule has 0 aliphatic carbocycles. The van der Waals surface area contributed by atoms with Crippen LogP contribution in [0.4, 0.5) is 5.95 Å². The van der Waals surface area contributed by atoms with E-state index in [0.29, 0.717) is 12.0 Å². The maximum absolute atomic E-state index is 4.74. The number of anilines is 1. The van der Waals surface area contributed by atoms with Crippen molar-refractivity contribution in [3.8, 4) is 0 Å². The molecule has 2 unspecified atom stereocenters. The van der Waals surface area contributed by atoms with Crippen LogP contribution in [-0.2, 0) is 12.0 Å². The number of fused-ring (bicyclic) bond motifs is 2. The Morgan fingerprint density at radius 1 is 1.41 bits per heavy atom. The van der Waals surface area contributed by atoms with Gasteiger partial charge >= 0.3 is 0 Å². The predicted octanol–water partition coefficient (Wildman–Crippen LogP) is 1.58. The third-order valence-electron chi connectivity index (χ3n) is 3.90. The molecule has 2 atom stereocenters. The highest BCUT2D eigenvalue weighted by molar-refractivity contribution is 5.35. The highest BCUT2D eigenvalue weighted by Crippen LogP contribution is 2.29. The van der Waals surface area contributed by atoms with Crippen molar-refractivity contribution in [3.05, 3.63) is 11.9 Å². The van der Waals surface area contributed by atoms with Gasteiger partial charge in [0.25, 0.3) is 0 Å². The second kappa shape index (κ2) is 3.73. The van der Waals surface area contributed by atoms with E-state index < -0.39 is 0 Å². The molecule has 1 aromatic rings. The van der Waals surface area contributed by atoms with Crippen molar-refractivity contribution in [2.24, 2.45) is 5.92 Å². The van der Waals surface area contributed by atoms with Gasteiger partial charge in [0, 0.05) is 36.7 Å². The van der Waals surface area contributed by atoms with Crippen LogP contribution >= 0.6 is 0 Å². The van der Waals surface area contributed by atoms with Gasteiger partial charge in [-0.1, -0.05) is 20.8 Å². The summed E-state index contributed by atoms with van der Waals surface area (Å²) in [4.78, 5) is 4.74. The van der Waals surface area contributed by atoms with E-state index in [-0.39, 0.29) is 5.41 Å². The molecule has 0 spiro atoms. The van der Waals surface area contributed by atoms with E-state index in [4.69, 9.17) is 4.98 Å². The molecule has 0 aromatic carbocycles. The Labute approximate surface area is 103 Å². The molecule has 4 heteroatoms. The highest BCUT2D eigenvalue weighted by atomic mass is 15.3. The molecule has 0 radical (unpaired) electrons. The molecule has 1 aromatic heterocycles. The molecule has 3 heterocycles. The molecular formula is C13H22N4. The van der Waals surface area contributed by atoms with Gasteiger partial charge in [-0.15, -0.1) is 0 Å². The summed E-state index contributed by atoms with van der Waals surface area (Å²) in [7, 11) is 0. The summed E-state index contributed by atoms with van der Waals surface area (Å²) in [6.45, 7) is 10.0. The van der Waals surface area contributed by atoms with Gasteiger partial charge in [0.05, 0.1) is 5.69 Å². The zero-order chi connectivity index (χ0) is 12.0. The zero-order valence-electron chi connectivity index (χ0n) is 11.0. The van der Waals surface area contributed by atoms with Crippen LogP contribution in [0.5, 0.6) is 0 Å². The van der Waals surface area contributed by atoms with Crippen LogP contribution in [0, 0.1) is 5.92 Å². The first-order chi connectivity index (χ1) is 8.04. The van der Waals surface area contributed by atoms with Gasteiger partial charge in [0.1, 0.15) is 0 Å². The van der Waals surface area contributed by atoms with Crippen molar-refractivity contribution in [2.75, 3.05) is 18.4 Å². The van der Waals surface area contributed by atoms with Gasteiger partial charge in [-0.2, -0.15) is 0 Å². The minimum Gasteiger partial charge on any atom is -0.352 e. The molecule has 2 N–H and O–H groups in total. The number of rotatable bonds is 0. The molecule has 1 saturated heterocycles. The van der Waals surface area contributed by atoms with E-state index in [1.54, 1.807) is 0 Å². The monoisotopic (exact) mass is 234 g/mol. The minimum atomic E-state index is 0.134. The molecule has 3 rings (SSSR count). The lowest BCUT2D eigenvalue weighted by molar-refractivity contribution is 0.290. The van der Waals surface area contributed by atoms with Crippen LogP contribution in [0.25, 0.3) is 0 Å². The van der Waals surface area contributed by atoms with E-state index in [1.165, 1.54) is 12.1 Å². The first-order valence-corrected chi connectivity index (χ1v) is 6.59. The van der Waals surface area contributed by atoms with Crippen molar-refractivity contribution < 1.29 is 0 Å². The van der Waals surface area contributed by atoms with E-state index in [0.717, 1.165) is 25.6 Å². The Bertz CT molecular complexity index is 384. The third kappa shape index (κ3) is 1.95. The molecule has 1 fully saturated rings. The Hall–Kier alpha value is -1.03. The van der Waals surface area contributed by atoms with E-state index >= 15 is 0 Å². The molecule has 0 amide bonds. The van der Waals surface area contributed by atoms with Gasteiger partial charge in [-0.3, -0.25) is 0 Å². The fourth-order valence-electron chi connectivity index (χ4n) is 2.75. The number of piperidine rings is 1. The second-order valence-electron chi connectivity index (χ2n) is 6.36. The average Bonchev–Trinajstić information content (AvgIpc) is 2.68. The number of hydrogen-bond acceptors (Lipinski definition) is 3. The summed E-state index contributed by atoms with van der Waals surface area (Å²) in [6.07, 6.45) is 3.43. The van der Waals surface area contributed by atoms with Gasteiger partial charge in [-0.25, -0.2) is 4.98 Å². The first kappa shape index (κ1) is 11.1. The highest BCUT2D eigenvalue weighted by Gasteiger charge is 2.32. The largest absolute Gasteiger partial charge is 0.352 e. The predicted molar refractivity (Wildman–Crippen MR) is 69.3 cm³/mol. The molecule has 0 saturated carbocycles. The maximum atomic E-state index is 4.74. The minimum absolute atomic E-state index is 0.134. The van der Waals surface area contributed by atoms with Gasteiger partial charge in [-0.05, 0) is 13.0 Å². The maximum Gasteiger partial charge on any atom is 0.203 e. The van der Waals surface area contributed by atoms with Crippen LogP contribution in [0.2, 0.25) is 0 Å². The molecule has 2 aliphatic heterocycles. The molecule has 0 bridgehead atoms. The lowest BCUT2D eigenvalue weighted by atomic mass is 9.92. The third-order valence-corrected chi connectivity index (χ3v) is 3.90. The quantitative estimate of drug-likeness (QED) is 0.716. The fraction of sp³-hybridized carbons (Fsp3) is 0.769. The van der Waals surface area contributed by atoms with Gasteiger partial charge < -0.3 is 15.2 Å². The topological polar surface area (TPSA) is 41.9 Å². The average molecular weight is 234 g/mol. The van der Waals surface area contributed by atoms with E-state index in [9.17, 15) is 0 Å². The molecule has 17 heavy (non-hydrogen) atoms. The van der Waals surface area contributed by atoms with Crippen LogP contribution < -0.4 is 10.6 Å². The van der Waals surface area contributed by atoms with Gasteiger partial charge in [0.15, 0.2) is 0 Å². The smallest absolute Gasteiger partial charge is 0.203 e. The molecule has 94 valence electrons. The lowest BCUT2D eigenvalue weighted by Gasteiger charge is -2.37. The zero-order valence-corrected chi connectivity index (χ0v) is 11.0. The lowest BCUT2D eigenvalue weighted by Crippen LogP contribution is -2.48. The number of aromatic nitrogens is 2. The molecular weight excluding hydrogens is 212 g/mol. The van der Waals surface area contributed by atoms with Crippen LogP contribution in [0.15, 0.2) is 6.20 Å². The van der Waals surface area contributed by atoms with Crippen LogP contribution in [0.1, 0.15) is 32.9 Å².